The lowest BCUT2D eigenvalue weighted by Crippen LogP contribution is -2.39. The number of nitrogens with one attached hydrogen (secondary N) is 3. The Kier molecular flexibility index (Phi) is 7.46. The van der Waals surface area contributed by atoms with Crippen molar-refractivity contribution in [3.63, 3.8) is 0 Å². The van der Waals surface area contributed by atoms with Crippen molar-refractivity contribution >= 4 is 33.2 Å². The van der Waals surface area contributed by atoms with E-state index in [1.54, 1.807) is 97.1 Å². The van der Waals surface area contributed by atoms with Gasteiger partial charge in [0.2, 0.25) is 0 Å². The molecule has 8 heteroatoms. The van der Waals surface area contributed by atoms with Gasteiger partial charge in [-0.1, -0.05) is 78.9 Å². The molecule has 0 heterocycles. The molecule has 182 valence electrons. The number of hydrogen-bond donors (Lipinski definition) is 3. The third-order valence-electron chi connectivity index (χ3n) is 5.45. The summed E-state index contributed by atoms with van der Waals surface area (Å²) < 4.78 is 24.3. The summed E-state index contributed by atoms with van der Waals surface area (Å²) >= 11 is 0. The molecule has 3 amide bonds. The average molecular weight is 500 g/mol. The molecule has 0 saturated carbocycles. The van der Waals surface area contributed by atoms with Crippen molar-refractivity contribution in [3.05, 3.63) is 115 Å². The van der Waals surface area contributed by atoms with Crippen LogP contribution >= 0.6 is 0 Å². The largest absolute Gasteiger partial charge is 0.324 e. The van der Waals surface area contributed by atoms with Crippen LogP contribution in [0.1, 0.15) is 11.6 Å². The van der Waals surface area contributed by atoms with Crippen molar-refractivity contribution < 1.29 is 18.0 Å². The quantitative estimate of drug-likeness (QED) is 0.323. The van der Waals surface area contributed by atoms with Crippen molar-refractivity contribution in [2.24, 2.45) is 0 Å². The van der Waals surface area contributed by atoms with Gasteiger partial charge in [0.15, 0.2) is 9.84 Å². The Balaban J connectivity index is 1.52. The molecule has 3 N–H and O–H groups in total. The van der Waals surface area contributed by atoms with Crippen LogP contribution < -0.4 is 16.0 Å². The van der Waals surface area contributed by atoms with Gasteiger partial charge in [-0.15, -0.1) is 0 Å². The molecule has 0 radical (unpaired) electrons. The highest BCUT2D eigenvalue weighted by atomic mass is 32.2. The van der Waals surface area contributed by atoms with Gasteiger partial charge >= 0.3 is 6.03 Å². The molecule has 4 rings (SSSR count). The second-order valence-electron chi connectivity index (χ2n) is 8.14. The van der Waals surface area contributed by atoms with Crippen LogP contribution in [0.4, 0.5) is 16.2 Å². The number of para-hydroxylation sites is 1. The Labute approximate surface area is 210 Å². The second-order valence-corrected chi connectivity index (χ2v) is 10.1. The smallest absolute Gasteiger partial charge is 0.320 e. The van der Waals surface area contributed by atoms with Crippen LogP contribution in [0.25, 0.3) is 11.1 Å². The van der Waals surface area contributed by atoms with E-state index >= 15 is 0 Å². The topological polar surface area (TPSA) is 104 Å². The third kappa shape index (κ3) is 6.17. The Morgan fingerprint density at radius 2 is 1.22 bits per heavy atom. The highest BCUT2D eigenvalue weighted by Crippen LogP contribution is 2.28. The number of carbonyl (C=O) groups is 2. The SMILES string of the molecule is CS(=O)(=O)c1ccccc1-c1ccc(NC(=O)C(NC(=O)Nc2ccccc2)c2ccccc2)cc1. The van der Waals surface area contributed by atoms with Gasteiger partial charge in [-0.25, -0.2) is 13.2 Å². The van der Waals surface area contributed by atoms with E-state index in [0.29, 0.717) is 28.1 Å². The third-order valence-corrected chi connectivity index (χ3v) is 6.61. The summed E-state index contributed by atoms with van der Waals surface area (Å²) in [6.07, 6.45) is 1.17. The van der Waals surface area contributed by atoms with Crippen molar-refractivity contribution in [2.45, 2.75) is 10.9 Å². The van der Waals surface area contributed by atoms with Crippen LogP contribution in [0.2, 0.25) is 0 Å². The summed E-state index contributed by atoms with van der Waals surface area (Å²) in [5.41, 5.74) is 3.02. The maximum Gasteiger partial charge on any atom is 0.320 e. The first kappa shape index (κ1) is 24.7. The predicted octanol–water partition coefficient (Wildman–Crippen LogP) is 5.26. The van der Waals surface area contributed by atoms with E-state index in [9.17, 15) is 18.0 Å². The Morgan fingerprint density at radius 3 is 1.86 bits per heavy atom. The monoisotopic (exact) mass is 499 g/mol. The molecule has 0 fully saturated rings. The maximum atomic E-state index is 13.2. The van der Waals surface area contributed by atoms with Gasteiger partial charge < -0.3 is 16.0 Å². The number of anilines is 2. The van der Waals surface area contributed by atoms with Crippen LogP contribution in [-0.2, 0) is 14.6 Å². The average Bonchev–Trinajstić information content (AvgIpc) is 2.88. The summed E-state index contributed by atoms with van der Waals surface area (Å²) in [6, 6.07) is 30.1. The summed E-state index contributed by atoms with van der Waals surface area (Å²) in [6.45, 7) is 0. The zero-order valence-corrected chi connectivity index (χ0v) is 20.3. The lowest BCUT2D eigenvalue weighted by molar-refractivity contribution is -0.118. The molecule has 0 spiro atoms. The van der Waals surface area contributed by atoms with E-state index in [2.05, 4.69) is 16.0 Å². The van der Waals surface area contributed by atoms with Gasteiger partial charge in [0.1, 0.15) is 6.04 Å². The summed E-state index contributed by atoms with van der Waals surface area (Å²) in [5.74, 6) is -0.423. The Morgan fingerprint density at radius 1 is 0.667 bits per heavy atom. The van der Waals surface area contributed by atoms with Crippen LogP contribution in [0, 0.1) is 0 Å². The van der Waals surface area contributed by atoms with Crippen LogP contribution in [-0.4, -0.2) is 26.6 Å². The number of rotatable bonds is 7. The number of carbonyl (C=O) groups excluding carboxylic acids is 2. The Bertz CT molecular complexity index is 1460. The fourth-order valence-electron chi connectivity index (χ4n) is 3.74. The minimum Gasteiger partial charge on any atom is -0.324 e. The van der Waals surface area contributed by atoms with Crippen molar-refractivity contribution in [3.8, 4) is 11.1 Å². The van der Waals surface area contributed by atoms with E-state index in [1.807, 2.05) is 12.1 Å². The van der Waals surface area contributed by atoms with Crippen molar-refractivity contribution in [1.82, 2.24) is 5.32 Å². The van der Waals surface area contributed by atoms with E-state index in [1.165, 1.54) is 6.26 Å². The van der Waals surface area contributed by atoms with Gasteiger partial charge in [-0.05, 0) is 41.5 Å². The standard InChI is InChI=1S/C28H25N3O4S/c1-36(34,35)25-15-9-8-14-24(25)20-16-18-23(19-17-20)29-27(32)26(21-10-4-2-5-11-21)31-28(33)30-22-12-6-3-7-13-22/h2-19,26H,1H3,(H,29,32)(H2,30,31,33). The zero-order chi connectivity index (χ0) is 25.5. The summed E-state index contributed by atoms with van der Waals surface area (Å²) in [4.78, 5) is 26.1. The van der Waals surface area contributed by atoms with Gasteiger partial charge in [0.05, 0.1) is 4.90 Å². The van der Waals surface area contributed by atoms with Gasteiger partial charge in [0.25, 0.3) is 5.91 Å². The highest BCUT2D eigenvalue weighted by Gasteiger charge is 2.23. The first-order valence-electron chi connectivity index (χ1n) is 11.2. The molecule has 0 aliphatic carbocycles. The van der Waals surface area contributed by atoms with E-state index < -0.39 is 27.8 Å². The predicted molar refractivity (Wildman–Crippen MR) is 141 cm³/mol. The van der Waals surface area contributed by atoms with Gasteiger partial charge in [0, 0.05) is 23.2 Å². The summed E-state index contributed by atoms with van der Waals surface area (Å²) in [7, 11) is -3.40. The van der Waals surface area contributed by atoms with Gasteiger partial charge in [-0.3, -0.25) is 4.79 Å². The van der Waals surface area contributed by atoms with Gasteiger partial charge in [-0.2, -0.15) is 0 Å². The van der Waals surface area contributed by atoms with Crippen LogP contribution in [0.3, 0.4) is 0 Å². The number of urea groups is 1. The maximum absolute atomic E-state index is 13.2. The van der Waals surface area contributed by atoms with Crippen molar-refractivity contribution in [2.75, 3.05) is 16.9 Å². The first-order chi connectivity index (χ1) is 17.3. The fourth-order valence-corrected chi connectivity index (χ4v) is 4.65. The highest BCUT2D eigenvalue weighted by molar-refractivity contribution is 7.90. The minimum atomic E-state index is -3.40. The number of hydrogen-bond acceptors (Lipinski definition) is 4. The van der Waals surface area contributed by atoms with Crippen LogP contribution in [0.5, 0.6) is 0 Å². The van der Waals surface area contributed by atoms with Crippen molar-refractivity contribution in [1.29, 1.82) is 0 Å². The van der Waals surface area contributed by atoms with E-state index in [0.717, 1.165) is 0 Å². The molecule has 4 aromatic rings. The minimum absolute atomic E-state index is 0.236. The normalized spacial score (nSPS) is 11.8. The second kappa shape index (κ2) is 10.9. The molecule has 36 heavy (non-hydrogen) atoms. The molecular weight excluding hydrogens is 474 g/mol. The Hall–Kier alpha value is -4.43. The molecule has 0 aliphatic rings. The van der Waals surface area contributed by atoms with Crippen LogP contribution in [0.15, 0.2) is 114 Å². The molecule has 1 atom stereocenters. The lowest BCUT2D eigenvalue weighted by atomic mass is 10.0. The zero-order valence-electron chi connectivity index (χ0n) is 19.5. The molecule has 0 bridgehead atoms. The molecule has 0 saturated heterocycles. The molecule has 0 aromatic heterocycles. The molecule has 4 aromatic carbocycles. The van der Waals surface area contributed by atoms with E-state index in [4.69, 9.17) is 0 Å². The molecule has 7 nitrogen and oxygen atoms in total. The lowest BCUT2D eigenvalue weighted by Gasteiger charge is -2.19. The number of amides is 3. The van der Waals surface area contributed by atoms with E-state index in [-0.39, 0.29) is 4.90 Å². The molecular formula is C28H25N3O4S. The number of sulfone groups is 1. The fraction of sp³-hybridized carbons (Fsp3) is 0.0714. The first-order valence-corrected chi connectivity index (χ1v) is 13.1. The molecule has 1 unspecified atom stereocenters. The summed E-state index contributed by atoms with van der Waals surface area (Å²) in [5, 5.41) is 8.29. The number of benzene rings is 4. The molecule has 0 aliphatic heterocycles.